The normalized spacial score (nSPS) is 9.05. The predicted molar refractivity (Wildman–Crippen MR) is 80.5 cm³/mol. The standard InChI is InChI=1S/C8H9F.C6H14.C2H5NO/c1-6-3-4-8(9)7(2)5-6;1-4-5-6(2)3;1-2(3)4/h3-5H,1-2H3;6H,4-5H2,1-3H3;1H3,(H2,3,4). The molecule has 110 valence electrons. The number of carbonyl (C=O) groups is 1. The summed E-state index contributed by atoms with van der Waals surface area (Å²) in [5.41, 5.74) is 6.30. The SMILES string of the molecule is CC(N)=O.CCCC(C)C.Cc1ccc(F)c(C)c1. The molecule has 19 heavy (non-hydrogen) atoms. The summed E-state index contributed by atoms with van der Waals surface area (Å²) in [7, 11) is 0. The third-order valence-electron chi connectivity index (χ3n) is 2.18. The lowest BCUT2D eigenvalue weighted by Gasteiger charge is -1.95. The second-order valence-electron chi connectivity index (χ2n) is 5.05. The average Bonchev–Trinajstić information content (AvgIpc) is 2.24. The first kappa shape index (κ1) is 19.9. The van der Waals surface area contributed by atoms with Crippen LogP contribution in [-0.2, 0) is 4.79 Å². The molecule has 2 nitrogen and oxygen atoms in total. The summed E-state index contributed by atoms with van der Waals surface area (Å²) in [5, 5.41) is 0. The average molecular weight is 269 g/mol. The van der Waals surface area contributed by atoms with Gasteiger partial charge in [-0.05, 0) is 31.4 Å². The molecule has 0 heterocycles. The molecule has 0 bridgehead atoms. The minimum Gasteiger partial charge on any atom is -0.370 e. The summed E-state index contributed by atoms with van der Waals surface area (Å²) < 4.78 is 12.5. The molecule has 0 aromatic heterocycles. The molecule has 2 N–H and O–H groups in total. The maximum absolute atomic E-state index is 12.5. The highest BCUT2D eigenvalue weighted by molar-refractivity contribution is 5.70. The Bertz CT molecular complexity index is 358. The number of aryl methyl sites for hydroxylation is 2. The lowest BCUT2D eigenvalue weighted by Crippen LogP contribution is -2.01. The van der Waals surface area contributed by atoms with Crippen molar-refractivity contribution in [3.8, 4) is 0 Å². The summed E-state index contributed by atoms with van der Waals surface area (Å²) in [6.07, 6.45) is 2.71. The maximum atomic E-state index is 12.5. The monoisotopic (exact) mass is 269 g/mol. The van der Waals surface area contributed by atoms with E-state index in [2.05, 4.69) is 26.5 Å². The maximum Gasteiger partial charge on any atom is 0.214 e. The number of halogens is 1. The van der Waals surface area contributed by atoms with Gasteiger partial charge in [0.15, 0.2) is 0 Å². The Hall–Kier alpha value is -1.38. The Morgan fingerprint density at radius 2 is 1.79 bits per heavy atom. The smallest absolute Gasteiger partial charge is 0.214 e. The highest BCUT2D eigenvalue weighted by Crippen LogP contribution is 2.07. The number of hydrogen-bond acceptors (Lipinski definition) is 1. The third-order valence-corrected chi connectivity index (χ3v) is 2.18. The first-order chi connectivity index (χ1) is 8.70. The van der Waals surface area contributed by atoms with E-state index in [1.165, 1.54) is 25.8 Å². The lowest BCUT2D eigenvalue weighted by molar-refractivity contribution is -0.115. The van der Waals surface area contributed by atoms with Gasteiger partial charge in [0.1, 0.15) is 5.82 Å². The predicted octanol–water partition coefficient (Wildman–Crippen LogP) is 4.38. The van der Waals surface area contributed by atoms with Gasteiger partial charge in [-0.1, -0.05) is 51.3 Å². The van der Waals surface area contributed by atoms with Gasteiger partial charge in [-0.2, -0.15) is 0 Å². The molecule has 0 atom stereocenters. The van der Waals surface area contributed by atoms with E-state index in [0.29, 0.717) is 0 Å². The third kappa shape index (κ3) is 16.6. The molecule has 0 aliphatic heterocycles. The molecule has 1 aromatic rings. The zero-order valence-corrected chi connectivity index (χ0v) is 13.1. The van der Waals surface area contributed by atoms with Crippen LogP contribution in [0.2, 0.25) is 0 Å². The van der Waals surface area contributed by atoms with Crippen LogP contribution in [0.25, 0.3) is 0 Å². The highest BCUT2D eigenvalue weighted by atomic mass is 19.1. The van der Waals surface area contributed by atoms with Crippen LogP contribution in [0.1, 0.15) is 51.7 Å². The molecule has 0 radical (unpaired) electrons. The molecule has 1 rings (SSSR count). The van der Waals surface area contributed by atoms with Crippen molar-refractivity contribution in [3.05, 3.63) is 35.1 Å². The molecule has 0 unspecified atom stereocenters. The van der Waals surface area contributed by atoms with Crippen molar-refractivity contribution in [2.24, 2.45) is 11.7 Å². The van der Waals surface area contributed by atoms with Gasteiger partial charge in [0, 0.05) is 6.92 Å². The lowest BCUT2D eigenvalue weighted by atomic mass is 10.1. The van der Waals surface area contributed by atoms with E-state index in [1.54, 1.807) is 13.0 Å². The van der Waals surface area contributed by atoms with Gasteiger partial charge in [0.2, 0.25) is 5.91 Å². The molecule has 0 fully saturated rings. The summed E-state index contributed by atoms with van der Waals surface area (Å²) in [5.74, 6) is 0.440. The van der Waals surface area contributed by atoms with Gasteiger partial charge in [-0.25, -0.2) is 4.39 Å². The van der Waals surface area contributed by atoms with Crippen molar-refractivity contribution in [1.82, 2.24) is 0 Å². The molecule has 0 saturated carbocycles. The van der Waals surface area contributed by atoms with Gasteiger partial charge in [-0.15, -0.1) is 0 Å². The molecular weight excluding hydrogens is 241 g/mol. The number of amides is 1. The van der Waals surface area contributed by atoms with E-state index in [0.717, 1.165) is 17.0 Å². The Balaban J connectivity index is 0. The van der Waals surface area contributed by atoms with Crippen LogP contribution in [0.3, 0.4) is 0 Å². The Morgan fingerprint density at radius 3 is 2.00 bits per heavy atom. The fourth-order valence-corrected chi connectivity index (χ4v) is 1.37. The van der Waals surface area contributed by atoms with Gasteiger partial charge >= 0.3 is 0 Å². The van der Waals surface area contributed by atoms with E-state index in [1.807, 2.05) is 13.0 Å². The van der Waals surface area contributed by atoms with Crippen LogP contribution < -0.4 is 5.73 Å². The fraction of sp³-hybridized carbons (Fsp3) is 0.562. The van der Waals surface area contributed by atoms with Gasteiger partial charge in [0.25, 0.3) is 0 Å². The zero-order valence-electron chi connectivity index (χ0n) is 13.1. The first-order valence-electron chi connectivity index (χ1n) is 6.69. The second kappa shape index (κ2) is 11.7. The topological polar surface area (TPSA) is 43.1 Å². The summed E-state index contributed by atoms with van der Waals surface area (Å²) in [4.78, 5) is 9.22. The van der Waals surface area contributed by atoms with Crippen molar-refractivity contribution in [3.63, 3.8) is 0 Å². The van der Waals surface area contributed by atoms with Crippen LogP contribution in [0.5, 0.6) is 0 Å². The number of benzene rings is 1. The van der Waals surface area contributed by atoms with Crippen LogP contribution in [0, 0.1) is 25.6 Å². The molecule has 1 aromatic carbocycles. The molecule has 0 spiro atoms. The van der Waals surface area contributed by atoms with E-state index in [4.69, 9.17) is 0 Å². The van der Waals surface area contributed by atoms with Crippen LogP contribution in [0.4, 0.5) is 4.39 Å². The Kier molecular flexibility index (Phi) is 12.3. The molecule has 0 aliphatic rings. The van der Waals surface area contributed by atoms with Crippen molar-refractivity contribution in [1.29, 1.82) is 0 Å². The molecule has 1 amide bonds. The fourth-order valence-electron chi connectivity index (χ4n) is 1.37. The summed E-state index contributed by atoms with van der Waals surface area (Å²) in [6.45, 7) is 11.8. The van der Waals surface area contributed by atoms with E-state index >= 15 is 0 Å². The van der Waals surface area contributed by atoms with Gasteiger partial charge in [-0.3, -0.25) is 4.79 Å². The minimum atomic E-state index is -0.333. The van der Waals surface area contributed by atoms with Crippen molar-refractivity contribution < 1.29 is 9.18 Å². The minimum absolute atomic E-state index is 0.124. The molecular formula is C16H28FNO. The first-order valence-corrected chi connectivity index (χ1v) is 6.69. The Morgan fingerprint density at radius 1 is 1.32 bits per heavy atom. The van der Waals surface area contributed by atoms with Gasteiger partial charge < -0.3 is 5.73 Å². The molecule has 0 aliphatic carbocycles. The largest absolute Gasteiger partial charge is 0.370 e. The highest BCUT2D eigenvalue weighted by Gasteiger charge is 1.93. The molecule has 3 heteroatoms. The number of primary amides is 1. The van der Waals surface area contributed by atoms with Crippen LogP contribution >= 0.6 is 0 Å². The number of hydrogen-bond donors (Lipinski definition) is 1. The van der Waals surface area contributed by atoms with Crippen LogP contribution in [-0.4, -0.2) is 5.91 Å². The second-order valence-corrected chi connectivity index (χ2v) is 5.05. The van der Waals surface area contributed by atoms with Crippen molar-refractivity contribution in [2.75, 3.05) is 0 Å². The Labute approximate surface area is 117 Å². The number of rotatable bonds is 2. The number of carbonyl (C=O) groups excluding carboxylic acids is 1. The quantitative estimate of drug-likeness (QED) is 0.850. The van der Waals surface area contributed by atoms with E-state index < -0.39 is 0 Å². The van der Waals surface area contributed by atoms with E-state index in [9.17, 15) is 9.18 Å². The molecule has 0 saturated heterocycles. The summed E-state index contributed by atoms with van der Waals surface area (Å²) in [6, 6.07) is 5.09. The number of nitrogens with two attached hydrogens (primary N) is 1. The van der Waals surface area contributed by atoms with Crippen LogP contribution in [0.15, 0.2) is 18.2 Å². The van der Waals surface area contributed by atoms with Crippen molar-refractivity contribution in [2.45, 2.75) is 54.4 Å². The van der Waals surface area contributed by atoms with Crippen molar-refractivity contribution >= 4 is 5.91 Å². The van der Waals surface area contributed by atoms with Gasteiger partial charge in [0.05, 0.1) is 0 Å². The summed E-state index contributed by atoms with van der Waals surface area (Å²) >= 11 is 0. The zero-order chi connectivity index (χ0) is 15.4. The van der Waals surface area contributed by atoms with E-state index in [-0.39, 0.29) is 11.7 Å².